The number of carbonyl (C=O) groups excluding carboxylic acids is 1. The highest BCUT2D eigenvalue weighted by molar-refractivity contribution is 5.96. The normalized spacial score (nSPS) is 11.1. The van der Waals surface area contributed by atoms with Crippen molar-refractivity contribution in [3.8, 4) is 5.69 Å². The molecule has 0 fully saturated rings. The Kier molecular flexibility index (Phi) is 5.03. The van der Waals surface area contributed by atoms with Gasteiger partial charge >= 0.3 is 0 Å². The van der Waals surface area contributed by atoms with Crippen molar-refractivity contribution in [3.05, 3.63) is 88.2 Å². The molecule has 1 amide bonds. The summed E-state index contributed by atoms with van der Waals surface area (Å²) >= 11 is 0. The molecule has 3 aromatic rings. The highest BCUT2D eigenvalue weighted by Gasteiger charge is 2.10. The van der Waals surface area contributed by atoms with Crippen LogP contribution in [-0.4, -0.2) is 16.7 Å². The molecule has 0 radical (unpaired) electrons. The summed E-state index contributed by atoms with van der Waals surface area (Å²) in [5.41, 5.74) is 9.71. The third kappa shape index (κ3) is 3.59. The van der Waals surface area contributed by atoms with E-state index in [4.69, 9.17) is 0 Å². The smallest absolute Gasteiger partial charge is 0.271 e. The van der Waals surface area contributed by atoms with Gasteiger partial charge in [0.25, 0.3) is 5.91 Å². The number of carbonyl (C=O) groups is 1. The third-order valence-electron chi connectivity index (χ3n) is 4.52. The number of amides is 1. The lowest BCUT2D eigenvalue weighted by molar-refractivity contribution is 0.0954. The van der Waals surface area contributed by atoms with E-state index < -0.39 is 0 Å². The van der Waals surface area contributed by atoms with Crippen molar-refractivity contribution in [2.24, 2.45) is 5.10 Å². The van der Waals surface area contributed by atoms with Crippen molar-refractivity contribution >= 4 is 12.1 Å². The van der Waals surface area contributed by atoms with Gasteiger partial charge in [0.2, 0.25) is 0 Å². The lowest BCUT2D eigenvalue weighted by Gasteiger charge is -2.09. The highest BCUT2D eigenvalue weighted by atomic mass is 16.2. The van der Waals surface area contributed by atoms with Gasteiger partial charge in [-0.2, -0.15) is 5.10 Å². The Morgan fingerprint density at radius 1 is 1.00 bits per heavy atom. The first kappa shape index (κ1) is 17.7. The third-order valence-corrected chi connectivity index (χ3v) is 4.52. The van der Waals surface area contributed by atoms with Crippen molar-refractivity contribution in [2.75, 3.05) is 0 Å². The number of benzene rings is 2. The molecule has 0 atom stereocenters. The Balaban J connectivity index is 1.79. The van der Waals surface area contributed by atoms with Crippen molar-refractivity contribution in [2.45, 2.75) is 27.7 Å². The van der Waals surface area contributed by atoms with Crippen molar-refractivity contribution in [1.82, 2.24) is 9.99 Å². The van der Waals surface area contributed by atoms with E-state index in [1.807, 2.05) is 25.1 Å². The maximum absolute atomic E-state index is 12.2. The molecule has 0 spiro atoms. The van der Waals surface area contributed by atoms with Crippen LogP contribution in [-0.2, 0) is 0 Å². The van der Waals surface area contributed by atoms with Gasteiger partial charge in [0, 0.05) is 28.2 Å². The molecule has 1 aromatic heterocycles. The SMILES string of the molecule is Cc1ccc(-n2c(C)cc(/C=N/NC(=O)c3ccccc3C)c2C)cc1. The summed E-state index contributed by atoms with van der Waals surface area (Å²) in [5.74, 6) is -0.202. The quantitative estimate of drug-likeness (QED) is 0.550. The van der Waals surface area contributed by atoms with Crippen molar-refractivity contribution < 1.29 is 4.79 Å². The van der Waals surface area contributed by atoms with Gasteiger partial charge in [-0.1, -0.05) is 35.9 Å². The lowest BCUT2D eigenvalue weighted by atomic mass is 10.1. The topological polar surface area (TPSA) is 46.4 Å². The van der Waals surface area contributed by atoms with Crippen molar-refractivity contribution in [3.63, 3.8) is 0 Å². The second kappa shape index (κ2) is 7.40. The second-order valence-electron chi connectivity index (χ2n) is 6.51. The first-order chi connectivity index (χ1) is 12.5. The summed E-state index contributed by atoms with van der Waals surface area (Å²) in [6.45, 7) is 8.11. The van der Waals surface area contributed by atoms with E-state index in [0.29, 0.717) is 5.56 Å². The van der Waals surface area contributed by atoms with Crippen LogP contribution in [0.3, 0.4) is 0 Å². The van der Waals surface area contributed by atoms with Gasteiger partial charge in [-0.25, -0.2) is 5.43 Å². The predicted octanol–water partition coefficient (Wildman–Crippen LogP) is 4.47. The Bertz CT molecular complexity index is 966. The minimum atomic E-state index is -0.202. The number of hydrogen-bond donors (Lipinski definition) is 1. The van der Waals surface area contributed by atoms with Gasteiger partial charge in [0.05, 0.1) is 6.21 Å². The van der Waals surface area contributed by atoms with E-state index in [1.165, 1.54) is 5.56 Å². The molecule has 1 N–H and O–H groups in total. The zero-order chi connectivity index (χ0) is 18.7. The van der Waals surface area contributed by atoms with E-state index in [-0.39, 0.29) is 5.91 Å². The minimum absolute atomic E-state index is 0.202. The fourth-order valence-corrected chi connectivity index (χ4v) is 3.06. The lowest BCUT2D eigenvalue weighted by Crippen LogP contribution is -2.18. The fourth-order valence-electron chi connectivity index (χ4n) is 3.06. The molecule has 26 heavy (non-hydrogen) atoms. The van der Waals surface area contributed by atoms with E-state index in [9.17, 15) is 4.79 Å². The van der Waals surface area contributed by atoms with Gasteiger partial charge in [-0.15, -0.1) is 0 Å². The summed E-state index contributed by atoms with van der Waals surface area (Å²) in [7, 11) is 0. The molecule has 0 unspecified atom stereocenters. The molecular weight excluding hydrogens is 322 g/mol. The van der Waals surface area contributed by atoms with Crippen LogP contribution < -0.4 is 5.43 Å². The molecule has 2 aromatic carbocycles. The zero-order valence-corrected chi connectivity index (χ0v) is 15.6. The Labute approximate surface area is 154 Å². The second-order valence-corrected chi connectivity index (χ2v) is 6.51. The number of rotatable bonds is 4. The Hall–Kier alpha value is -3.14. The molecule has 0 aliphatic carbocycles. The molecule has 0 bridgehead atoms. The average Bonchev–Trinajstić information content (AvgIpc) is 2.90. The van der Waals surface area contributed by atoms with E-state index in [0.717, 1.165) is 28.2 Å². The predicted molar refractivity (Wildman–Crippen MR) is 106 cm³/mol. The van der Waals surface area contributed by atoms with Crippen LogP contribution in [0.2, 0.25) is 0 Å². The number of hydrogen-bond acceptors (Lipinski definition) is 2. The molecular formula is C22H23N3O. The van der Waals surface area contributed by atoms with Gasteiger partial charge in [0.15, 0.2) is 0 Å². The van der Waals surface area contributed by atoms with Crippen LogP contribution in [0.5, 0.6) is 0 Å². The fraction of sp³-hybridized carbons (Fsp3) is 0.182. The molecule has 0 aliphatic heterocycles. The zero-order valence-electron chi connectivity index (χ0n) is 15.6. The maximum Gasteiger partial charge on any atom is 0.271 e. The Morgan fingerprint density at radius 3 is 2.38 bits per heavy atom. The maximum atomic E-state index is 12.2. The molecule has 132 valence electrons. The Morgan fingerprint density at radius 2 is 1.69 bits per heavy atom. The first-order valence-corrected chi connectivity index (χ1v) is 8.62. The largest absolute Gasteiger partial charge is 0.318 e. The van der Waals surface area contributed by atoms with Gasteiger partial charge in [-0.05, 0) is 57.5 Å². The number of nitrogens with zero attached hydrogens (tertiary/aromatic N) is 2. The van der Waals surface area contributed by atoms with Crippen LogP contribution in [0.15, 0.2) is 59.7 Å². The monoisotopic (exact) mass is 345 g/mol. The molecule has 4 heteroatoms. The van der Waals surface area contributed by atoms with Crippen LogP contribution in [0.25, 0.3) is 5.69 Å². The molecule has 1 heterocycles. The summed E-state index contributed by atoms with van der Waals surface area (Å²) in [4.78, 5) is 12.2. The number of aromatic nitrogens is 1. The molecule has 3 rings (SSSR count). The molecule has 0 saturated carbocycles. The summed E-state index contributed by atoms with van der Waals surface area (Å²) in [6.07, 6.45) is 1.70. The highest BCUT2D eigenvalue weighted by Crippen LogP contribution is 2.20. The van der Waals surface area contributed by atoms with Crippen LogP contribution >= 0.6 is 0 Å². The molecule has 0 saturated heterocycles. The van der Waals surface area contributed by atoms with Crippen molar-refractivity contribution in [1.29, 1.82) is 0 Å². The first-order valence-electron chi connectivity index (χ1n) is 8.62. The summed E-state index contributed by atoms with van der Waals surface area (Å²) < 4.78 is 2.18. The number of nitrogens with one attached hydrogen (secondary N) is 1. The molecule has 0 aliphatic rings. The summed E-state index contributed by atoms with van der Waals surface area (Å²) in [5, 5.41) is 4.14. The van der Waals surface area contributed by atoms with Crippen LogP contribution in [0.4, 0.5) is 0 Å². The van der Waals surface area contributed by atoms with Gasteiger partial charge < -0.3 is 4.57 Å². The number of aryl methyl sites for hydroxylation is 3. The van der Waals surface area contributed by atoms with Crippen LogP contribution in [0, 0.1) is 27.7 Å². The summed E-state index contributed by atoms with van der Waals surface area (Å²) in [6, 6.07) is 18.0. The standard InChI is InChI=1S/C22H23N3O/c1-15-9-11-20(12-10-15)25-17(3)13-19(18(25)4)14-23-24-22(26)21-8-6-5-7-16(21)2/h5-14H,1-4H3,(H,24,26)/b23-14+. The van der Waals surface area contributed by atoms with Gasteiger partial charge in [0.1, 0.15) is 0 Å². The number of hydrazone groups is 1. The van der Waals surface area contributed by atoms with E-state index >= 15 is 0 Å². The minimum Gasteiger partial charge on any atom is -0.318 e. The van der Waals surface area contributed by atoms with E-state index in [2.05, 4.69) is 66.2 Å². The van der Waals surface area contributed by atoms with Crippen LogP contribution in [0.1, 0.15) is 38.4 Å². The average molecular weight is 345 g/mol. The van der Waals surface area contributed by atoms with Gasteiger partial charge in [-0.3, -0.25) is 4.79 Å². The molecule has 4 nitrogen and oxygen atoms in total. The van der Waals surface area contributed by atoms with E-state index in [1.54, 1.807) is 12.3 Å².